The monoisotopic (exact) mass is 884 g/mol. The van der Waals surface area contributed by atoms with E-state index in [0.717, 1.165) is 23.5 Å². The van der Waals surface area contributed by atoms with Gasteiger partial charge >= 0.3 is 0 Å². The van der Waals surface area contributed by atoms with Gasteiger partial charge in [-0.15, -0.1) is 0 Å². The smallest absolute Gasteiger partial charge is 0.0547 e. The van der Waals surface area contributed by atoms with Crippen molar-refractivity contribution in [3.8, 4) is 50.2 Å². The summed E-state index contributed by atoms with van der Waals surface area (Å²) in [7, 11) is 0. The normalized spacial score (nSPS) is 15.0. The Kier molecular flexibility index (Phi) is 9.33. The lowest BCUT2D eigenvalue weighted by molar-refractivity contribution is 0.653. The van der Waals surface area contributed by atoms with Gasteiger partial charge in [0.05, 0.1) is 11.0 Å². The first-order valence-electron chi connectivity index (χ1n) is 24.4. The maximum absolute atomic E-state index is 2.52. The third-order valence-corrected chi connectivity index (χ3v) is 15.4. The number of anilines is 2. The van der Waals surface area contributed by atoms with Gasteiger partial charge in [0.2, 0.25) is 0 Å². The molecule has 0 fully saturated rings. The Morgan fingerprint density at radius 2 is 0.986 bits per heavy atom. The molecule has 3 aliphatic carbocycles. The zero-order valence-corrected chi connectivity index (χ0v) is 39.5. The van der Waals surface area contributed by atoms with E-state index in [2.05, 4.69) is 268 Å². The molecule has 0 saturated carbocycles. The van der Waals surface area contributed by atoms with Crippen molar-refractivity contribution in [3.63, 3.8) is 0 Å². The molecule has 1 heterocycles. The minimum absolute atomic E-state index is 0.0490. The van der Waals surface area contributed by atoms with Crippen LogP contribution in [0.15, 0.2) is 236 Å². The van der Waals surface area contributed by atoms with Gasteiger partial charge in [-0.2, -0.15) is 0 Å². The molecule has 3 aliphatic rings. The fraction of sp³-hybridized carbons (Fsp3) is 0.104. The minimum Gasteiger partial charge on any atom is -0.311 e. The van der Waals surface area contributed by atoms with Gasteiger partial charge in [0, 0.05) is 44.4 Å². The summed E-state index contributed by atoms with van der Waals surface area (Å²) < 4.78 is 2.40. The molecule has 69 heavy (non-hydrogen) atoms. The molecule has 0 atom stereocenters. The molecule has 0 unspecified atom stereocenters. The number of nitrogens with zero attached hydrogens (tertiary/aromatic N) is 2. The van der Waals surface area contributed by atoms with Gasteiger partial charge in [0.1, 0.15) is 0 Å². The number of allylic oxidation sites excluding steroid dienone is 5. The fourth-order valence-electron chi connectivity index (χ4n) is 12.1. The number of benzene rings is 9. The predicted octanol–water partition coefficient (Wildman–Crippen LogP) is 17.8. The summed E-state index contributed by atoms with van der Waals surface area (Å²) in [6.45, 7) is 9.60. The van der Waals surface area contributed by atoms with Crippen LogP contribution in [-0.4, -0.2) is 4.57 Å². The SMILES string of the molecule is CC1(C)c2ccccc2-c2cc3c(cc21)-c1cccc(-c2ccc(N(C4=CC=C(c5cccc6c5c5ccccc5n6-c5ccccc5)CC=C4)c4ccc(-c5ccccc5)cc4)cc2)c1C3(C)C. The lowest BCUT2D eigenvalue weighted by Gasteiger charge is -2.27. The second-order valence-corrected chi connectivity index (χ2v) is 20.0. The van der Waals surface area contributed by atoms with Gasteiger partial charge in [0.15, 0.2) is 0 Å². The third kappa shape index (κ3) is 6.39. The van der Waals surface area contributed by atoms with Crippen molar-refractivity contribution in [2.24, 2.45) is 0 Å². The lowest BCUT2D eigenvalue weighted by Crippen LogP contribution is -2.17. The zero-order valence-electron chi connectivity index (χ0n) is 39.5. The summed E-state index contributed by atoms with van der Waals surface area (Å²) >= 11 is 0. The molecule has 13 rings (SSSR count). The largest absolute Gasteiger partial charge is 0.311 e. The van der Waals surface area contributed by atoms with E-state index in [9.17, 15) is 0 Å². The van der Waals surface area contributed by atoms with Crippen LogP contribution in [0.1, 0.15) is 61.9 Å². The van der Waals surface area contributed by atoms with Gasteiger partial charge < -0.3 is 9.47 Å². The topological polar surface area (TPSA) is 8.17 Å². The number of para-hydroxylation sites is 2. The average Bonchev–Trinajstić information content (AvgIpc) is 3.83. The van der Waals surface area contributed by atoms with Crippen LogP contribution in [0.4, 0.5) is 11.4 Å². The van der Waals surface area contributed by atoms with Gasteiger partial charge in [0.25, 0.3) is 0 Å². The highest BCUT2D eigenvalue weighted by Crippen LogP contribution is 2.57. The molecular weight excluding hydrogens is 833 g/mol. The molecule has 9 aromatic carbocycles. The quantitative estimate of drug-likeness (QED) is 0.155. The zero-order chi connectivity index (χ0) is 46.4. The van der Waals surface area contributed by atoms with Crippen molar-refractivity contribution in [1.29, 1.82) is 0 Å². The van der Waals surface area contributed by atoms with E-state index < -0.39 is 0 Å². The highest BCUT2D eigenvalue weighted by molar-refractivity contribution is 6.14. The minimum atomic E-state index is -0.177. The Balaban J connectivity index is 0.904. The number of rotatable bonds is 7. The Labute approximate surface area is 405 Å². The Morgan fingerprint density at radius 3 is 1.75 bits per heavy atom. The van der Waals surface area contributed by atoms with Gasteiger partial charge in [-0.25, -0.2) is 0 Å². The van der Waals surface area contributed by atoms with Gasteiger partial charge in [-0.05, 0) is 157 Å². The number of hydrogen-bond donors (Lipinski definition) is 0. The summed E-state index contributed by atoms with van der Waals surface area (Å²) in [5.41, 5.74) is 25.3. The molecule has 0 aliphatic heterocycles. The Morgan fingerprint density at radius 1 is 0.420 bits per heavy atom. The number of hydrogen-bond acceptors (Lipinski definition) is 1. The first-order chi connectivity index (χ1) is 33.8. The van der Waals surface area contributed by atoms with E-state index in [0.29, 0.717) is 0 Å². The molecule has 1 aromatic heterocycles. The van der Waals surface area contributed by atoms with Crippen molar-refractivity contribution >= 4 is 38.8 Å². The average molecular weight is 885 g/mol. The number of aromatic nitrogens is 1. The summed E-state index contributed by atoms with van der Waals surface area (Å²) in [6, 6.07) is 76.3. The molecule has 2 heteroatoms. The maximum atomic E-state index is 2.52. The molecule has 0 bridgehead atoms. The summed E-state index contributed by atoms with van der Waals surface area (Å²) in [5.74, 6) is 0. The molecule has 0 amide bonds. The standard InChI is InChI=1S/C67H52N2/c1-66(2)59-29-13-11-24-54(59)57-42-61-58(43-60(57)66)55-28-16-27-53(65(55)67(61,3)4)47-35-40-51(41-36-47)68(50-37-32-45(33-38-50)44-18-7-5-8-19-44)49-23-15-20-46(34-39-49)52-26-17-31-63-64(52)56-25-12-14-30-62(56)69(63)48-21-9-6-10-22-48/h5-19,21-43H,20H2,1-4H3. The van der Waals surface area contributed by atoms with Crippen LogP contribution in [-0.2, 0) is 10.8 Å². The second-order valence-electron chi connectivity index (χ2n) is 20.0. The van der Waals surface area contributed by atoms with Crippen LogP contribution in [0.25, 0.3) is 77.6 Å². The first kappa shape index (κ1) is 41.0. The van der Waals surface area contributed by atoms with Crippen LogP contribution in [0, 0.1) is 0 Å². The highest BCUT2D eigenvalue weighted by Gasteiger charge is 2.42. The van der Waals surface area contributed by atoms with E-state index in [4.69, 9.17) is 0 Å². The van der Waals surface area contributed by atoms with Crippen molar-refractivity contribution in [2.45, 2.75) is 44.9 Å². The van der Waals surface area contributed by atoms with Crippen molar-refractivity contribution in [3.05, 3.63) is 264 Å². The van der Waals surface area contributed by atoms with Gasteiger partial charge in [-0.1, -0.05) is 185 Å². The van der Waals surface area contributed by atoms with Gasteiger partial charge in [-0.3, -0.25) is 0 Å². The van der Waals surface area contributed by atoms with Crippen molar-refractivity contribution < 1.29 is 0 Å². The predicted molar refractivity (Wildman–Crippen MR) is 292 cm³/mol. The molecule has 0 N–H and O–H groups in total. The molecule has 0 spiro atoms. The van der Waals surface area contributed by atoms with E-state index in [1.54, 1.807) is 0 Å². The van der Waals surface area contributed by atoms with E-state index >= 15 is 0 Å². The molecule has 2 nitrogen and oxygen atoms in total. The Bertz CT molecular complexity index is 3760. The van der Waals surface area contributed by atoms with Crippen LogP contribution in [0.3, 0.4) is 0 Å². The third-order valence-electron chi connectivity index (χ3n) is 15.4. The molecule has 0 radical (unpaired) electrons. The fourth-order valence-corrected chi connectivity index (χ4v) is 12.1. The lowest BCUT2D eigenvalue weighted by atomic mass is 9.77. The summed E-state index contributed by atoms with van der Waals surface area (Å²) in [6.07, 6.45) is 10.1. The first-order valence-corrected chi connectivity index (χ1v) is 24.4. The Hall–Kier alpha value is -8.20. The summed E-state index contributed by atoms with van der Waals surface area (Å²) in [4.78, 5) is 2.41. The molecule has 0 saturated heterocycles. The van der Waals surface area contributed by atoms with E-state index in [1.807, 2.05) is 0 Å². The molecular formula is C67H52N2. The van der Waals surface area contributed by atoms with Crippen molar-refractivity contribution in [2.75, 3.05) is 4.90 Å². The van der Waals surface area contributed by atoms with Crippen LogP contribution in [0.2, 0.25) is 0 Å². The number of fused-ring (bicyclic) bond motifs is 9. The van der Waals surface area contributed by atoms with Crippen LogP contribution >= 0.6 is 0 Å². The van der Waals surface area contributed by atoms with E-state index in [-0.39, 0.29) is 10.8 Å². The van der Waals surface area contributed by atoms with Crippen LogP contribution in [0.5, 0.6) is 0 Å². The van der Waals surface area contributed by atoms with E-state index in [1.165, 1.54) is 105 Å². The van der Waals surface area contributed by atoms with Crippen molar-refractivity contribution in [1.82, 2.24) is 4.57 Å². The highest BCUT2D eigenvalue weighted by atomic mass is 15.1. The maximum Gasteiger partial charge on any atom is 0.0547 e. The molecule has 10 aromatic rings. The molecule has 330 valence electrons. The van der Waals surface area contributed by atoms with Crippen LogP contribution < -0.4 is 4.90 Å². The second kappa shape index (κ2) is 15.7. The summed E-state index contributed by atoms with van der Waals surface area (Å²) in [5, 5.41) is 2.55.